The molecule has 6 atom stereocenters. The van der Waals surface area contributed by atoms with Crippen molar-refractivity contribution in [3.63, 3.8) is 0 Å². The molecule has 1 N–H and O–H groups in total. The number of phenols is 1. The lowest BCUT2D eigenvalue weighted by Gasteiger charge is -2.37. The number of phenolic OH excluding ortho intramolecular Hbond substituents is 1. The highest BCUT2D eigenvalue weighted by Gasteiger charge is 2.67. The van der Waals surface area contributed by atoms with Crippen LogP contribution >= 0.6 is 0 Å². The van der Waals surface area contributed by atoms with Gasteiger partial charge >= 0.3 is 0 Å². The van der Waals surface area contributed by atoms with E-state index >= 15 is 0 Å². The third kappa shape index (κ3) is 1.70. The Hall–Kier alpha value is -2.43. The first kappa shape index (κ1) is 13.0. The van der Waals surface area contributed by atoms with E-state index in [1.807, 2.05) is 0 Å². The zero-order valence-electron chi connectivity index (χ0n) is 12.4. The van der Waals surface area contributed by atoms with Crippen molar-refractivity contribution in [1.29, 1.82) is 0 Å². The minimum atomic E-state index is -0.210. The Bertz CT molecular complexity index is 731. The van der Waals surface area contributed by atoms with Crippen molar-refractivity contribution in [3.05, 3.63) is 42.0 Å². The summed E-state index contributed by atoms with van der Waals surface area (Å²) < 4.78 is 0. The van der Waals surface area contributed by atoms with Gasteiger partial charge in [-0.05, 0) is 59.9 Å². The van der Waals surface area contributed by atoms with Crippen LogP contribution < -0.4 is 0 Å². The molecular formula is C18H16N2O3. The average molecular weight is 308 g/mol. The van der Waals surface area contributed by atoms with Crippen LogP contribution in [-0.2, 0) is 9.59 Å². The van der Waals surface area contributed by atoms with E-state index < -0.39 is 0 Å². The SMILES string of the molecule is O=C1[C@@H]2[C@H]3C=C[C@@H]([C@@H]4C[C@@H]34)[C@H]2C(=O)N1/N=C\c1ccc(O)cc1. The number of carbonyl (C=O) groups is 2. The van der Waals surface area contributed by atoms with E-state index in [2.05, 4.69) is 17.3 Å². The number of hydrogen-bond donors (Lipinski definition) is 1. The smallest absolute Gasteiger partial charge is 0.254 e. The van der Waals surface area contributed by atoms with E-state index in [4.69, 9.17) is 0 Å². The molecule has 1 heterocycles. The molecule has 0 unspecified atom stereocenters. The van der Waals surface area contributed by atoms with Crippen LogP contribution in [0.1, 0.15) is 12.0 Å². The largest absolute Gasteiger partial charge is 0.508 e. The Labute approximate surface area is 133 Å². The maximum Gasteiger partial charge on any atom is 0.254 e. The van der Waals surface area contributed by atoms with Crippen molar-refractivity contribution in [2.24, 2.45) is 40.6 Å². The van der Waals surface area contributed by atoms with Crippen molar-refractivity contribution in [3.8, 4) is 5.75 Å². The highest BCUT2D eigenvalue weighted by atomic mass is 16.3. The van der Waals surface area contributed by atoms with Crippen LogP contribution in [0.5, 0.6) is 5.75 Å². The number of amides is 2. The van der Waals surface area contributed by atoms with Gasteiger partial charge in [-0.2, -0.15) is 10.1 Å². The lowest BCUT2D eigenvalue weighted by atomic mass is 9.63. The highest BCUT2D eigenvalue weighted by Crippen LogP contribution is 2.65. The monoisotopic (exact) mass is 308 g/mol. The molecule has 6 rings (SSSR count). The zero-order chi connectivity index (χ0) is 15.7. The number of hydrazone groups is 1. The second-order valence-corrected chi connectivity index (χ2v) is 6.98. The fourth-order valence-corrected chi connectivity index (χ4v) is 4.74. The maximum atomic E-state index is 12.7. The molecule has 2 bridgehead atoms. The van der Waals surface area contributed by atoms with Gasteiger partial charge in [0.2, 0.25) is 0 Å². The molecule has 23 heavy (non-hydrogen) atoms. The Morgan fingerprint density at radius 3 is 2.13 bits per heavy atom. The van der Waals surface area contributed by atoms with E-state index in [0.29, 0.717) is 11.8 Å². The van der Waals surface area contributed by atoms with Gasteiger partial charge in [0.05, 0.1) is 18.1 Å². The van der Waals surface area contributed by atoms with Gasteiger partial charge in [-0.25, -0.2) is 0 Å². The Balaban J connectivity index is 1.44. The first-order chi connectivity index (χ1) is 11.1. The van der Waals surface area contributed by atoms with Crippen LogP contribution in [0, 0.1) is 35.5 Å². The molecule has 3 fully saturated rings. The van der Waals surface area contributed by atoms with Crippen LogP contribution in [0.4, 0.5) is 0 Å². The number of benzene rings is 1. The molecule has 4 aliphatic carbocycles. The molecule has 1 aromatic rings. The summed E-state index contributed by atoms with van der Waals surface area (Å²) in [6.07, 6.45) is 6.96. The molecule has 116 valence electrons. The summed E-state index contributed by atoms with van der Waals surface area (Å²) in [6.45, 7) is 0. The van der Waals surface area contributed by atoms with Crippen molar-refractivity contribution in [2.75, 3.05) is 0 Å². The first-order valence-electron chi connectivity index (χ1n) is 8.04. The van der Waals surface area contributed by atoms with Gasteiger partial charge in [0.1, 0.15) is 5.75 Å². The summed E-state index contributed by atoms with van der Waals surface area (Å²) in [6, 6.07) is 6.48. The zero-order valence-corrected chi connectivity index (χ0v) is 12.4. The molecule has 2 saturated carbocycles. The van der Waals surface area contributed by atoms with Crippen LogP contribution in [0.3, 0.4) is 0 Å². The summed E-state index contributed by atoms with van der Waals surface area (Å²) >= 11 is 0. The van der Waals surface area contributed by atoms with Crippen LogP contribution in [0.25, 0.3) is 0 Å². The lowest BCUT2D eigenvalue weighted by Crippen LogP contribution is -2.40. The Kier molecular flexibility index (Phi) is 2.45. The molecule has 5 heteroatoms. The fourth-order valence-electron chi connectivity index (χ4n) is 4.74. The quantitative estimate of drug-likeness (QED) is 0.514. The molecule has 1 aromatic carbocycles. The van der Waals surface area contributed by atoms with Gasteiger partial charge in [-0.3, -0.25) is 9.59 Å². The minimum absolute atomic E-state index is 0.153. The van der Waals surface area contributed by atoms with Crippen LogP contribution in [-0.4, -0.2) is 28.1 Å². The molecule has 0 aromatic heterocycles. The van der Waals surface area contributed by atoms with E-state index in [1.165, 1.54) is 6.21 Å². The number of carbonyl (C=O) groups excluding carboxylic acids is 2. The van der Waals surface area contributed by atoms with Gasteiger partial charge in [0.25, 0.3) is 11.8 Å². The third-order valence-corrected chi connectivity index (χ3v) is 5.85. The average Bonchev–Trinajstić information content (AvgIpc) is 3.33. The van der Waals surface area contributed by atoms with Gasteiger partial charge in [0.15, 0.2) is 0 Å². The summed E-state index contributed by atoms with van der Waals surface area (Å²) in [5.41, 5.74) is 0.738. The van der Waals surface area contributed by atoms with Gasteiger partial charge in [-0.1, -0.05) is 12.2 Å². The number of aromatic hydroxyl groups is 1. The summed E-state index contributed by atoms with van der Waals surface area (Å²) in [4.78, 5) is 25.4. The molecule has 5 aliphatic rings. The van der Waals surface area contributed by atoms with Crippen LogP contribution in [0.15, 0.2) is 41.5 Å². The molecule has 0 spiro atoms. The van der Waals surface area contributed by atoms with Gasteiger partial charge in [0, 0.05) is 0 Å². The highest BCUT2D eigenvalue weighted by molar-refractivity contribution is 6.06. The van der Waals surface area contributed by atoms with Crippen molar-refractivity contribution in [1.82, 2.24) is 5.01 Å². The van der Waals surface area contributed by atoms with Crippen LogP contribution in [0.2, 0.25) is 0 Å². The normalized spacial score (nSPS) is 39.9. The molecular weight excluding hydrogens is 292 g/mol. The molecule has 0 radical (unpaired) electrons. The predicted molar refractivity (Wildman–Crippen MR) is 82.3 cm³/mol. The topological polar surface area (TPSA) is 70.0 Å². The fraction of sp³-hybridized carbons (Fsp3) is 0.389. The first-order valence-corrected chi connectivity index (χ1v) is 8.04. The Morgan fingerprint density at radius 1 is 1.00 bits per heavy atom. The number of nitrogens with zero attached hydrogens (tertiary/aromatic N) is 2. The van der Waals surface area contributed by atoms with Gasteiger partial charge in [-0.15, -0.1) is 0 Å². The van der Waals surface area contributed by atoms with Crippen molar-refractivity contribution in [2.45, 2.75) is 6.42 Å². The summed E-state index contributed by atoms with van der Waals surface area (Å²) in [7, 11) is 0. The summed E-state index contributed by atoms with van der Waals surface area (Å²) in [5, 5.41) is 14.5. The van der Waals surface area contributed by atoms with Crippen molar-refractivity contribution >= 4 is 18.0 Å². The molecule has 5 nitrogen and oxygen atoms in total. The van der Waals surface area contributed by atoms with E-state index in [-0.39, 0.29) is 41.2 Å². The standard InChI is InChI=1S/C18H16N2O3/c21-10-3-1-9(2-4-10)8-19-20-17(22)15-11-5-6-12(14-7-13(11)14)16(15)18(20)23/h1-6,8,11-16,21H,7H2/b19-8-/t11-,12-,13-,14-,15+,16+/m0/s1. The minimum Gasteiger partial charge on any atom is -0.508 e. The number of imide groups is 1. The lowest BCUT2D eigenvalue weighted by molar-refractivity contribution is -0.140. The second kappa shape index (κ2) is 4.31. The number of allylic oxidation sites excluding steroid dienone is 2. The predicted octanol–water partition coefficient (Wildman–Crippen LogP) is 1.78. The third-order valence-electron chi connectivity index (χ3n) is 5.85. The Morgan fingerprint density at radius 2 is 1.57 bits per heavy atom. The second-order valence-electron chi connectivity index (χ2n) is 6.98. The van der Waals surface area contributed by atoms with E-state index in [0.717, 1.165) is 17.0 Å². The van der Waals surface area contributed by atoms with Gasteiger partial charge < -0.3 is 5.11 Å². The molecule has 1 aliphatic heterocycles. The number of rotatable bonds is 2. The van der Waals surface area contributed by atoms with E-state index in [9.17, 15) is 14.7 Å². The molecule has 2 amide bonds. The number of hydrogen-bond acceptors (Lipinski definition) is 4. The maximum absolute atomic E-state index is 12.7. The van der Waals surface area contributed by atoms with Crippen molar-refractivity contribution < 1.29 is 14.7 Å². The molecule has 1 saturated heterocycles. The summed E-state index contributed by atoms with van der Waals surface area (Å²) in [5.74, 6) is 1.09. The van der Waals surface area contributed by atoms with E-state index in [1.54, 1.807) is 24.3 Å².